The lowest BCUT2D eigenvalue weighted by atomic mass is 10.2. The molecule has 1 aliphatic rings. The van der Waals surface area contributed by atoms with Gasteiger partial charge >= 0.3 is 0 Å². The Hall–Kier alpha value is -1.13. The summed E-state index contributed by atoms with van der Waals surface area (Å²) in [6.07, 6.45) is 3.41. The molecule has 1 aromatic rings. The van der Waals surface area contributed by atoms with Crippen LogP contribution in [0.3, 0.4) is 0 Å². The lowest BCUT2D eigenvalue weighted by Crippen LogP contribution is -2.16. The predicted octanol–water partition coefficient (Wildman–Crippen LogP) is 2.36. The molecule has 84 valence electrons. The smallest absolute Gasteiger partial charge is 0.257 e. The number of nitrogens with zero attached hydrogens (tertiary/aromatic N) is 2. The first-order chi connectivity index (χ1) is 7.15. The lowest BCUT2D eigenvalue weighted by molar-refractivity contribution is 0.122. The molecule has 1 saturated carbocycles. The Balaban J connectivity index is 1.88. The van der Waals surface area contributed by atoms with Crippen LogP contribution in [0.4, 0.5) is 14.5 Å². The Morgan fingerprint density at radius 3 is 2.93 bits per heavy atom. The second-order valence-corrected chi connectivity index (χ2v) is 4.11. The summed E-state index contributed by atoms with van der Waals surface area (Å²) in [5.74, 6) is 0.739. The molecule has 1 heterocycles. The Labute approximate surface area is 87.5 Å². The Bertz CT molecular complexity index is 320. The summed E-state index contributed by atoms with van der Waals surface area (Å²) in [4.78, 5) is 0. The summed E-state index contributed by atoms with van der Waals surface area (Å²) in [6, 6.07) is 0.411. The number of nitrogens with one attached hydrogen (secondary N) is 1. The maximum atomic E-state index is 12.0. The second-order valence-electron chi connectivity index (χ2n) is 4.11. The highest BCUT2D eigenvalue weighted by atomic mass is 19.3. The van der Waals surface area contributed by atoms with Gasteiger partial charge < -0.3 is 5.32 Å². The molecule has 0 bridgehead atoms. The first kappa shape index (κ1) is 10.4. The largest absolute Gasteiger partial charge is 0.380 e. The first-order valence-corrected chi connectivity index (χ1v) is 5.22. The predicted molar refractivity (Wildman–Crippen MR) is 54.0 cm³/mol. The van der Waals surface area contributed by atoms with E-state index >= 15 is 0 Å². The molecule has 1 fully saturated rings. The third-order valence-corrected chi connectivity index (χ3v) is 2.68. The lowest BCUT2D eigenvalue weighted by Gasteiger charge is -2.11. The second kappa shape index (κ2) is 4.16. The molecule has 2 rings (SSSR count). The number of halogens is 2. The monoisotopic (exact) mass is 215 g/mol. The van der Waals surface area contributed by atoms with Crippen molar-refractivity contribution in [2.24, 2.45) is 5.92 Å². The summed E-state index contributed by atoms with van der Waals surface area (Å²) >= 11 is 0. The van der Waals surface area contributed by atoms with Crippen molar-refractivity contribution in [1.82, 2.24) is 9.78 Å². The van der Waals surface area contributed by atoms with Crippen molar-refractivity contribution in [3.05, 3.63) is 12.4 Å². The highest BCUT2D eigenvalue weighted by molar-refractivity contribution is 5.39. The van der Waals surface area contributed by atoms with Crippen LogP contribution in [-0.2, 0) is 6.54 Å². The summed E-state index contributed by atoms with van der Waals surface area (Å²) in [6.45, 7) is 1.78. The van der Waals surface area contributed by atoms with Crippen LogP contribution in [0.25, 0.3) is 0 Å². The van der Waals surface area contributed by atoms with Crippen molar-refractivity contribution in [2.75, 3.05) is 5.32 Å². The van der Waals surface area contributed by atoms with Gasteiger partial charge in [-0.3, -0.25) is 4.68 Å². The maximum absolute atomic E-state index is 12.0. The SMILES string of the molecule is CC(Nc1cnn(CC(F)F)c1)C1CC1. The average molecular weight is 215 g/mol. The van der Waals surface area contributed by atoms with Gasteiger partial charge in [0, 0.05) is 12.2 Å². The van der Waals surface area contributed by atoms with Crippen LogP contribution in [0.2, 0.25) is 0 Å². The Morgan fingerprint density at radius 1 is 1.60 bits per heavy atom. The molecular weight excluding hydrogens is 200 g/mol. The molecule has 1 aromatic heterocycles. The van der Waals surface area contributed by atoms with Crippen LogP contribution in [0, 0.1) is 5.92 Å². The number of anilines is 1. The van der Waals surface area contributed by atoms with Crippen molar-refractivity contribution in [3.63, 3.8) is 0 Å². The maximum Gasteiger partial charge on any atom is 0.257 e. The zero-order chi connectivity index (χ0) is 10.8. The number of hydrogen-bond donors (Lipinski definition) is 1. The third-order valence-electron chi connectivity index (χ3n) is 2.68. The van der Waals surface area contributed by atoms with Crippen molar-refractivity contribution in [2.45, 2.75) is 38.8 Å². The van der Waals surface area contributed by atoms with Gasteiger partial charge in [0.15, 0.2) is 0 Å². The van der Waals surface area contributed by atoms with Gasteiger partial charge in [0.1, 0.15) is 6.54 Å². The van der Waals surface area contributed by atoms with E-state index in [1.807, 2.05) is 0 Å². The van der Waals surface area contributed by atoms with Gasteiger partial charge in [-0.1, -0.05) is 0 Å². The van der Waals surface area contributed by atoms with E-state index in [9.17, 15) is 8.78 Å². The fourth-order valence-corrected chi connectivity index (χ4v) is 1.66. The number of alkyl halides is 2. The van der Waals surface area contributed by atoms with E-state index in [4.69, 9.17) is 0 Å². The quantitative estimate of drug-likeness (QED) is 0.817. The van der Waals surface area contributed by atoms with Gasteiger partial charge in [-0.25, -0.2) is 8.78 Å². The van der Waals surface area contributed by atoms with E-state index < -0.39 is 6.43 Å². The molecule has 1 atom stereocenters. The van der Waals surface area contributed by atoms with E-state index in [0.717, 1.165) is 11.6 Å². The highest BCUT2D eigenvalue weighted by Crippen LogP contribution is 2.33. The van der Waals surface area contributed by atoms with Crippen LogP contribution in [-0.4, -0.2) is 22.2 Å². The zero-order valence-electron chi connectivity index (χ0n) is 8.66. The summed E-state index contributed by atoms with van der Waals surface area (Å²) in [7, 11) is 0. The molecule has 0 amide bonds. The molecule has 0 spiro atoms. The minimum atomic E-state index is -2.35. The van der Waals surface area contributed by atoms with E-state index in [0.29, 0.717) is 6.04 Å². The summed E-state index contributed by atoms with van der Waals surface area (Å²) in [5, 5.41) is 7.13. The fourth-order valence-electron chi connectivity index (χ4n) is 1.66. The van der Waals surface area contributed by atoms with E-state index in [1.54, 1.807) is 12.4 Å². The normalized spacial score (nSPS) is 18.1. The third kappa shape index (κ3) is 2.91. The van der Waals surface area contributed by atoms with Gasteiger partial charge in [-0.15, -0.1) is 0 Å². The Kier molecular flexibility index (Phi) is 2.88. The molecule has 0 saturated heterocycles. The molecule has 0 aromatic carbocycles. The number of hydrogen-bond acceptors (Lipinski definition) is 2. The summed E-state index contributed by atoms with van der Waals surface area (Å²) < 4.78 is 25.4. The molecule has 0 radical (unpaired) electrons. The minimum Gasteiger partial charge on any atom is -0.380 e. The molecule has 1 unspecified atom stereocenters. The van der Waals surface area contributed by atoms with Gasteiger partial charge in [-0.2, -0.15) is 5.10 Å². The molecule has 0 aliphatic heterocycles. The average Bonchev–Trinajstić information content (AvgIpc) is 2.90. The molecule has 3 nitrogen and oxygen atoms in total. The standard InChI is InChI=1S/C10H15F2N3/c1-7(8-2-3-8)14-9-4-13-15(5-9)6-10(11)12/h4-5,7-8,10,14H,2-3,6H2,1H3. The fraction of sp³-hybridized carbons (Fsp3) is 0.700. The number of rotatable bonds is 5. The number of aromatic nitrogens is 2. The van der Waals surface area contributed by atoms with Crippen molar-refractivity contribution in [1.29, 1.82) is 0 Å². The first-order valence-electron chi connectivity index (χ1n) is 5.22. The van der Waals surface area contributed by atoms with Crippen molar-refractivity contribution >= 4 is 5.69 Å². The van der Waals surface area contributed by atoms with Gasteiger partial charge in [0.25, 0.3) is 6.43 Å². The van der Waals surface area contributed by atoms with E-state index in [-0.39, 0.29) is 6.54 Å². The Morgan fingerprint density at radius 2 is 2.33 bits per heavy atom. The van der Waals surface area contributed by atoms with E-state index in [1.165, 1.54) is 17.5 Å². The van der Waals surface area contributed by atoms with Crippen molar-refractivity contribution < 1.29 is 8.78 Å². The van der Waals surface area contributed by atoms with Gasteiger partial charge in [-0.05, 0) is 25.7 Å². The van der Waals surface area contributed by atoms with Crippen molar-refractivity contribution in [3.8, 4) is 0 Å². The molecule has 5 heteroatoms. The van der Waals surface area contributed by atoms with Gasteiger partial charge in [0.05, 0.1) is 11.9 Å². The van der Waals surface area contributed by atoms with Crippen LogP contribution in [0.5, 0.6) is 0 Å². The molecule has 1 N–H and O–H groups in total. The van der Waals surface area contributed by atoms with Crippen LogP contribution >= 0.6 is 0 Å². The molecule has 1 aliphatic carbocycles. The molecular formula is C10H15F2N3. The summed E-state index contributed by atoms with van der Waals surface area (Å²) in [5.41, 5.74) is 0.829. The van der Waals surface area contributed by atoms with Gasteiger partial charge in [0.2, 0.25) is 0 Å². The van der Waals surface area contributed by atoms with E-state index in [2.05, 4.69) is 17.3 Å². The zero-order valence-corrected chi connectivity index (χ0v) is 8.66. The topological polar surface area (TPSA) is 29.9 Å². The highest BCUT2D eigenvalue weighted by Gasteiger charge is 2.27. The van der Waals surface area contributed by atoms with Crippen LogP contribution in [0.1, 0.15) is 19.8 Å². The van der Waals surface area contributed by atoms with Crippen LogP contribution in [0.15, 0.2) is 12.4 Å². The van der Waals surface area contributed by atoms with Crippen LogP contribution < -0.4 is 5.32 Å². The molecule has 15 heavy (non-hydrogen) atoms. The minimum absolute atomic E-state index is 0.334.